The van der Waals surface area contributed by atoms with Gasteiger partial charge in [0.15, 0.2) is 0 Å². The van der Waals surface area contributed by atoms with E-state index in [1.54, 1.807) is 6.26 Å². The highest BCUT2D eigenvalue weighted by atomic mass is 16.5. The largest absolute Gasteiger partial charge is 0.468 e. The number of rotatable bonds is 9. The van der Waals surface area contributed by atoms with Crippen LogP contribution in [0.25, 0.3) is 0 Å². The van der Waals surface area contributed by atoms with E-state index in [0.29, 0.717) is 6.61 Å². The predicted octanol–water partition coefficient (Wildman–Crippen LogP) is 3.34. The van der Waals surface area contributed by atoms with Crippen molar-refractivity contribution in [3.63, 3.8) is 0 Å². The van der Waals surface area contributed by atoms with Crippen molar-refractivity contribution in [1.29, 1.82) is 0 Å². The first kappa shape index (κ1) is 14.3. The molecule has 0 amide bonds. The number of ether oxygens (including phenoxy) is 1. The number of hydrogen-bond donors (Lipinski definition) is 1. The Bertz CT molecular complexity index is 294. The minimum atomic E-state index is 0.662. The van der Waals surface area contributed by atoms with Gasteiger partial charge in [-0.15, -0.1) is 0 Å². The molecular formula is C14H25NO2. The zero-order chi connectivity index (χ0) is 12.5. The van der Waals surface area contributed by atoms with Gasteiger partial charge in [0, 0.05) is 12.2 Å². The van der Waals surface area contributed by atoms with Crippen molar-refractivity contribution >= 4 is 0 Å². The number of nitrogens with one attached hydrogen (secondary N) is 1. The van der Waals surface area contributed by atoms with Gasteiger partial charge in [-0.3, -0.25) is 0 Å². The fraction of sp³-hybridized carbons (Fsp3) is 0.714. The summed E-state index contributed by atoms with van der Waals surface area (Å²) in [5, 5.41) is 3.26. The van der Waals surface area contributed by atoms with Crippen molar-refractivity contribution in [1.82, 2.24) is 5.32 Å². The first-order valence-electron chi connectivity index (χ1n) is 6.57. The Balaban J connectivity index is 2.19. The topological polar surface area (TPSA) is 34.4 Å². The maximum absolute atomic E-state index is 5.66. The van der Waals surface area contributed by atoms with Crippen molar-refractivity contribution in [2.24, 2.45) is 5.92 Å². The number of furan rings is 1. The standard InChI is InChI=1S/C14H25NO2/c1-4-15-10-14-13(7-9-17-14)11-16-8-5-6-12(2)3/h7,9,12,15H,4-6,8,10-11H2,1-3H3. The molecular weight excluding hydrogens is 214 g/mol. The van der Waals surface area contributed by atoms with Gasteiger partial charge in [-0.2, -0.15) is 0 Å². The van der Waals surface area contributed by atoms with E-state index in [1.165, 1.54) is 6.42 Å². The van der Waals surface area contributed by atoms with Crippen LogP contribution in [0.4, 0.5) is 0 Å². The molecule has 0 radical (unpaired) electrons. The summed E-state index contributed by atoms with van der Waals surface area (Å²) in [5.74, 6) is 1.76. The van der Waals surface area contributed by atoms with E-state index in [9.17, 15) is 0 Å². The van der Waals surface area contributed by atoms with Crippen molar-refractivity contribution in [2.75, 3.05) is 13.2 Å². The highest BCUT2D eigenvalue weighted by molar-refractivity contribution is 5.15. The second kappa shape index (κ2) is 8.31. The molecule has 3 nitrogen and oxygen atoms in total. The normalized spacial score (nSPS) is 11.3. The summed E-state index contributed by atoms with van der Waals surface area (Å²) >= 11 is 0. The second-order valence-corrected chi connectivity index (χ2v) is 4.74. The van der Waals surface area contributed by atoms with Gasteiger partial charge in [-0.25, -0.2) is 0 Å². The molecule has 98 valence electrons. The number of hydrogen-bond acceptors (Lipinski definition) is 3. The molecule has 0 unspecified atom stereocenters. The van der Waals surface area contributed by atoms with E-state index < -0.39 is 0 Å². The lowest BCUT2D eigenvalue weighted by molar-refractivity contribution is 0.113. The van der Waals surface area contributed by atoms with Gasteiger partial charge in [-0.1, -0.05) is 20.8 Å². The van der Waals surface area contributed by atoms with Crippen LogP contribution in [-0.2, 0) is 17.9 Å². The molecule has 1 heterocycles. The molecule has 0 atom stereocenters. The monoisotopic (exact) mass is 239 g/mol. The molecule has 0 fully saturated rings. The second-order valence-electron chi connectivity index (χ2n) is 4.74. The summed E-state index contributed by atoms with van der Waals surface area (Å²) < 4.78 is 11.1. The Hall–Kier alpha value is -0.800. The van der Waals surface area contributed by atoms with Crippen LogP contribution in [0.15, 0.2) is 16.7 Å². The highest BCUT2D eigenvalue weighted by Crippen LogP contribution is 2.12. The molecule has 0 saturated heterocycles. The van der Waals surface area contributed by atoms with Crippen LogP contribution in [0.2, 0.25) is 0 Å². The van der Waals surface area contributed by atoms with Gasteiger partial charge in [-0.05, 0) is 31.4 Å². The van der Waals surface area contributed by atoms with Gasteiger partial charge in [0.1, 0.15) is 5.76 Å². The van der Waals surface area contributed by atoms with Crippen LogP contribution in [0.5, 0.6) is 0 Å². The first-order chi connectivity index (χ1) is 8.24. The van der Waals surface area contributed by atoms with Gasteiger partial charge >= 0.3 is 0 Å². The summed E-state index contributed by atoms with van der Waals surface area (Å²) in [6.45, 7) is 9.81. The van der Waals surface area contributed by atoms with Crippen LogP contribution in [-0.4, -0.2) is 13.2 Å². The van der Waals surface area contributed by atoms with Gasteiger partial charge in [0.25, 0.3) is 0 Å². The average Bonchev–Trinajstić information content (AvgIpc) is 2.73. The van der Waals surface area contributed by atoms with Gasteiger partial charge < -0.3 is 14.5 Å². The molecule has 0 spiro atoms. The lowest BCUT2D eigenvalue weighted by Gasteiger charge is -2.06. The zero-order valence-electron chi connectivity index (χ0n) is 11.3. The third-order valence-corrected chi connectivity index (χ3v) is 2.70. The van der Waals surface area contributed by atoms with E-state index in [4.69, 9.17) is 9.15 Å². The van der Waals surface area contributed by atoms with Crippen molar-refractivity contribution in [3.8, 4) is 0 Å². The lowest BCUT2D eigenvalue weighted by atomic mass is 10.1. The van der Waals surface area contributed by atoms with Gasteiger partial charge in [0.2, 0.25) is 0 Å². The molecule has 0 saturated carbocycles. The first-order valence-corrected chi connectivity index (χ1v) is 6.57. The van der Waals surface area contributed by atoms with E-state index in [2.05, 4.69) is 26.1 Å². The molecule has 0 aliphatic heterocycles. The van der Waals surface area contributed by atoms with Crippen LogP contribution >= 0.6 is 0 Å². The zero-order valence-corrected chi connectivity index (χ0v) is 11.3. The Morgan fingerprint density at radius 2 is 2.24 bits per heavy atom. The van der Waals surface area contributed by atoms with Crippen LogP contribution in [0.1, 0.15) is 44.9 Å². The molecule has 0 aliphatic carbocycles. The van der Waals surface area contributed by atoms with Gasteiger partial charge in [0.05, 0.1) is 19.4 Å². The molecule has 3 heteroatoms. The lowest BCUT2D eigenvalue weighted by Crippen LogP contribution is -2.12. The fourth-order valence-electron chi connectivity index (χ4n) is 1.67. The predicted molar refractivity (Wildman–Crippen MR) is 69.8 cm³/mol. The molecule has 1 aromatic heterocycles. The van der Waals surface area contributed by atoms with E-state index >= 15 is 0 Å². The van der Waals surface area contributed by atoms with E-state index in [0.717, 1.165) is 43.4 Å². The van der Waals surface area contributed by atoms with Crippen molar-refractivity contribution in [2.45, 2.75) is 46.8 Å². The molecule has 0 aromatic carbocycles. The molecule has 17 heavy (non-hydrogen) atoms. The quantitative estimate of drug-likeness (QED) is 0.671. The maximum atomic E-state index is 5.66. The summed E-state index contributed by atoms with van der Waals surface area (Å²) in [7, 11) is 0. The minimum absolute atomic E-state index is 0.662. The molecule has 1 rings (SSSR count). The fourth-order valence-corrected chi connectivity index (χ4v) is 1.67. The van der Waals surface area contributed by atoms with Crippen molar-refractivity contribution < 1.29 is 9.15 Å². The van der Waals surface area contributed by atoms with Crippen LogP contribution in [0, 0.1) is 5.92 Å². The van der Waals surface area contributed by atoms with Crippen molar-refractivity contribution in [3.05, 3.63) is 23.7 Å². The molecule has 1 N–H and O–H groups in total. The Kier molecular flexibility index (Phi) is 6.97. The summed E-state index contributed by atoms with van der Waals surface area (Å²) in [4.78, 5) is 0. The van der Waals surface area contributed by atoms with E-state index in [1.807, 2.05) is 6.07 Å². The van der Waals surface area contributed by atoms with Crippen LogP contribution < -0.4 is 5.32 Å². The molecule has 0 aliphatic rings. The third-order valence-electron chi connectivity index (χ3n) is 2.70. The summed E-state index contributed by atoms with van der Waals surface area (Å²) in [5.41, 5.74) is 1.16. The Morgan fingerprint density at radius 3 is 2.94 bits per heavy atom. The minimum Gasteiger partial charge on any atom is -0.468 e. The SMILES string of the molecule is CCNCc1occc1COCCCC(C)C. The summed E-state index contributed by atoms with van der Waals surface area (Å²) in [6.07, 6.45) is 4.10. The highest BCUT2D eigenvalue weighted by Gasteiger charge is 2.05. The van der Waals surface area contributed by atoms with Crippen LogP contribution in [0.3, 0.4) is 0 Å². The molecule has 1 aromatic rings. The smallest absolute Gasteiger partial charge is 0.123 e. The third kappa shape index (κ3) is 5.89. The Morgan fingerprint density at radius 1 is 1.41 bits per heavy atom. The summed E-state index contributed by atoms with van der Waals surface area (Å²) in [6, 6.07) is 2.00. The maximum Gasteiger partial charge on any atom is 0.123 e. The molecule has 0 bridgehead atoms. The Labute approximate surface area is 105 Å². The van der Waals surface area contributed by atoms with E-state index in [-0.39, 0.29) is 0 Å². The average molecular weight is 239 g/mol.